The monoisotopic (exact) mass is 766 g/mol. The van der Waals surface area contributed by atoms with Gasteiger partial charge in [0.2, 0.25) is 0 Å². The maximum Gasteiger partial charge on any atom is 0.134 e. The molecule has 2 aromatic heterocycles. The first-order valence-electron chi connectivity index (χ1n) is 20.6. The zero-order valence-electron chi connectivity index (χ0n) is 32.8. The third-order valence-electron chi connectivity index (χ3n) is 12.2. The first-order chi connectivity index (χ1) is 29.8. The lowest BCUT2D eigenvalue weighted by molar-refractivity contribution is 0.974. The molecular weight excluding hydrogens is 729 g/mol. The second kappa shape index (κ2) is 13.9. The van der Waals surface area contributed by atoms with Crippen LogP contribution in [0.25, 0.3) is 93.6 Å². The molecule has 0 bridgehead atoms. The predicted molar refractivity (Wildman–Crippen MR) is 253 cm³/mol. The van der Waals surface area contributed by atoms with Gasteiger partial charge >= 0.3 is 0 Å². The Kier molecular flexibility index (Phi) is 7.88. The third-order valence-corrected chi connectivity index (χ3v) is 12.2. The number of fused-ring (bicyclic) bond motifs is 9. The van der Waals surface area contributed by atoms with Crippen LogP contribution in [0.1, 0.15) is 11.1 Å². The highest BCUT2D eigenvalue weighted by Gasteiger charge is 2.25. The molecule has 11 aromatic rings. The highest BCUT2D eigenvalue weighted by molar-refractivity contribution is 6.33. The van der Waals surface area contributed by atoms with E-state index in [9.17, 15) is 0 Å². The van der Waals surface area contributed by atoms with Gasteiger partial charge in [0.1, 0.15) is 5.84 Å². The average Bonchev–Trinajstić information content (AvgIpc) is 3.92. The van der Waals surface area contributed by atoms with Crippen LogP contribution in [0.3, 0.4) is 0 Å². The van der Waals surface area contributed by atoms with Gasteiger partial charge in [-0.2, -0.15) is 0 Å². The quantitative estimate of drug-likeness (QED) is 0.168. The van der Waals surface area contributed by atoms with Gasteiger partial charge in [-0.15, -0.1) is 0 Å². The van der Waals surface area contributed by atoms with Gasteiger partial charge in [-0.3, -0.25) is 0 Å². The number of nitrogens with one attached hydrogen (secondary N) is 1. The normalized spacial score (nSPS) is 13.1. The van der Waals surface area contributed by atoms with Gasteiger partial charge < -0.3 is 14.5 Å². The van der Waals surface area contributed by atoms with E-state index in [-0.39, 0.29) is 0 Å². The average molecular weight is 767 g/mol. The molecule has 0 spiro atoms. The zero-order valence-corrected chi connectivity index (χ0v) is 32.8. The van der Waals surface area contributed by atoms with Crippen molar-refractivity contribution in [3.8, 4) is 27.9 Å². The predicted octanol–water partition coefficient (Wildman–Crippen LogP) is 13.8. The van der Waals surface area contributed by atoms with Crippen molar-refractivity contribution in [3.63, 3.8) is 0 Å². The third kappa shape index (κ3) is 5.49. The fourth-order valence-electron chi connectivity index (χ4n) is 9.37. The Balaban J connectivity index is 1.07. The minimum absolute atomic E-state index is 0.613. The van der Waals surface area contributed by atoms with E-state index in [2.05, 4.69) is 221 Å². The van der Waals surface area contributed by atoms with Gasteiger partial charge in [0.25, 0.3) is 0 Å². The van der Waals surface area contributed by atoms with Crippen LogP contribution in [0.4, 0.5) is 0 Å². The van der Waals surface area contributed by atoms with Crippen molar-refractivity contribution in [2.24, 2.45) is 4.99 Å². The topological polar surface area (TPSA) is 34.2 Å². The molecule has 0 unspecified atom stereocenters. The van der Waals surface area contributed by atoms with E-state index in [1.165, 1.54) is 71.0 Å². The summed E-state index contributed by atoms with van der Waals surface area (Å²) < 4.78 is 4.78. The molecule has 4 nitrogen and oxygen atoms in total. The molecule has 1 aliphatic rings. The first-order valence-corrected chi connectivity index (χ1v) is 20.6. The van der Waals surface area contributed by atoms with E-state index in [1.807, 2.05) is 6.07 Å². The van der Waals surface area contributed by atoms with Crippen LogP contribution >= 0.6 is 0 Å². The molecule has 12 rings (SSSR count). The smallest absolute Gasteiger partial charge is 0.134 e. The summed E-state index contributed by atoms with van der Waals surface area (Å²) >= 11 is 0. The van der Waals surface area contributed by atoms with Crippen LogP contribution in [0.5, 0.6) is 0 Å². The molecule has 0 saturated carbocycles. The lowest BCUT2D eigenvalue weighted by atomic mass is 9.95. The molecule has 282 valence electrons. The number of nitrogens with zero attached hydrogens (tertiary/aromatic N) is 3. The number of benzene rings is 9. The van der Waals surface area contributed by atoms with E-state index in [0.717, 1.165) is 39.6 Å². The molecule has 1 N–H and O–H groups in total. The van der Waals surface area contributed by atoms with Crippen molar-refractivity contribution >= 4 is 71.5 Å². The van der Waals surface area contributed by atoms with Crippen LogP contribution < -0.4 is 5.32 Å². The zero-order chi connectivity index (χ0) is 39.6. The fraction of sp³-hybridized carbons (Fsp3) is 0.0179. The Labute approximate surface area is 347 Å². The summed E-state index contributed by atoms with van der Waals surface area (Å²) in [5.74, 6) is 0.880. The molecule has 9 aromatic carbocycles. The number of amidine groups is 1. The number of hydrogen-bond acceptors (Lipinski definition) is 2. The molecule has 0 saturated heterocycles. The molecule has 3 heterocycles. The molecular formula is C56H38N4. The minimum atomic E-state index is 0.613. The largest absolute Gasteiger partial charge is 0.364 e. The Hall–Kier alpha value is -7.95. The Morgan fingerprint density at radius 1 is 0.417 bits per heavy atom. The van der Waals surface area contributed by atoms with Crippen LogP contribution in [0, 0.1) is 0 Å². The summed E-state index contributed by atoms with van der Waals surface area (Å²) in [5, 5.41) is 12.4. The summed E-state index contributed by atoms with van der Waals surface area (Å²) in [5.41, 5.74) is 13.7. The highest BCUT2D eigenvalue weighted by Crippen LogP contribution is 2.45. The van der Waals surface area contributed by atoms with Gasteiger partial charge in [-0.05, 0) is 80.9 Å². The summed E-state index contributed by atoms with van der Waals surface area (Å²) in [4.78, 5) is 5.41. The molecule has 4 heteroatoms. The number of aliphatic imine (C=N–C) groups is 1. The maximum absolute atomic E-state index is 5.41. The van der Waals surface area contributed by atoms with Crippen molar-refractivity contribution in [1.82, 2.24) is 14.5 Å². The van der Waals surface area contributed by atoms with E-state index in [1.54, 1.807) is 0 Å². The molecule has 0 fully saturated rings. The van der Waals surface area contributed by atoms with E-state index >= 15 is 0 Å². The van der Waals surface area contributed by atoms with Crippen molar-refractivity contribution in [2.75, 3.05) is 6.54 Å². The molecule has 0 atom stereocenters. The minimum Gasteiger partial charge on any atom is -0.364 e. The van der Waals surface area contributed by atoms with Gasteiger partial charge in [0.15, 0.2) is 0 Å². The van der Waals surface area contributed by atoms with Crippen LogP contribution in [-0.2, 0) is 0 Å². The Bertz CT molecular complexity index is 3500. The standard InChI is InChI=1S/C56H38N4/c1-4-14-37(15-5-1)38-24-28-44(29-25-38)59-33-32-43-34-41(26-30-50(43)59)42-27-31-51-49(35-42)53-47-22-12-10-20-45(47)46-21-11-13-23-48(46)55(53)60(51)52-36-57-56(40-18-8-3-9-19-40)58-54(52)39-16-6-2-7-17-39/h1-35H,36H2,(H,57,58). The van der Waals surface area contributed by atoms with Gasteiger partial charge in [-0.25, -0.2) is 4.99 Å². The van der Waals surface area contributed by atoms with Crippen LogP contribution in [0.2, 0.25) is 0 Å². The summed E-state index contributed by atoms with van der Waals surface area (Å²) in [6.07, 6.45) is 2.18. The molecule has 1 aliphatic heterocycles. The summed E-state index contributed by atoms with van der Waals surface area (Å²) in [6, 6.07) is 74.3. The van der Waals surface area contributed by atoms with Gasteiger partial charge in [-0.1, -0.05) is 164 Å². The second-order valence-corrected chi connectivity index (χ2v) is 15.6. The maximum atomic E-state index is 5.41. The SMILES string of the molecule is c1ccc(C2=NC(c3ccccc3)=C(n3c4ccc(-c5ccc6c(ccn6-c6ccc(-c7ccccc7)cc6)c5)cc4c4c5ccccc5c5ccccc5c43)CN2)cc1. The Morgan fingerprint density at radius 3 is 1.68 bits per heavy atom. The van der Waals surface area contributed by atoms with Crippen molar-refractivity contribution < 1.29 is 0 Å². The van der Waals surface area contributed by atoms with Crippen molar-refractivity contribution in [3.05, 3.63) is 224 Å². The van der Waals surface area contributed by atoms with E-state index < -0.39 is 0 Å². The summed E-state index contributed by atoms with van der Waals surface area (Å²) in [6.45, 7) is 0.613. The molecule has 60 heavy (non-hydrogen) atoms. The summed E-state index contributed by atoms with van der Waals surface area (Å²) in [7, 11) is 0. The fourth-order valence-corrected chi connectivity index (χ4v) is 9.37. The van der Waals surface area contributed by atoms with Crippen molar-refractivity contribution in [2.45, 2.75) is 0 Å². The number of rotatable bonds is 6. The number of hydrogen-bond donors (Lipinski definition) is 1. The first kappa shape index (κ1) is 34.1. The highest BCUT2D eigenvalue weighted by atomic mass is 15.1. The molecule has 0 aliphatic carbocycles. The lowest BCUT2D eigenvalue weighted by Crippen LogP contribution is -2.31. The second-order valence-electron chi connectivity index (χ2n) is 15.6. The lowest BCUT2D eigenvalue weighted by Gasteiger charge is -2.24. The van der Waals surface area contributed by atoms with Gasteiger partial charge in [0, 0.05) is 44.6 Å². The van der Waals surface area contributed by atoms with Crippen LogP contribution in [0.15, 0.2) is 217 Å². The van der Waals surface area contributed by atoms with E-state index in [4.69, 9.17) is 4.99 Å². The van der Waals surface area contributed by atoms with Gasteiger partial charge in [0.05, 0.1) is 34.5 Å². The van der Waals surface area contributed by atoms with E-state index in [0.29, 0.717) is 6.54 Å². The van der Waals surface area contributed by atoms with Crippen molar-refractivity contribution in [1.29, 1.82) is 0 Å². The Morgan fingerprint density at radius 2 is 0.967 bits per heavy atom. The molecule has 0 amide bonds. The molecule has 0 radical (unpaired) electrons. The number of aromatic nitrogens is 2. The van der Waals surface area contributed by atoms with Crippen LogP contribution in [-0.4, -0.2) is 21.5 Å².